The maximum Gasteiger partial charge on any atom is 0.325 e. The van der Waals surface area contributed by atoms with Crippen LogP contribution >= 0.6 is 0 Å². The fourth-order valence-corrected chi connectivity index (χ4v) is 3.88. The average molecular weight is 453 g/mol. The number of benzene rings is 4. The number of hydrogen-bond acceptors (Lipinski definition) is 5. The van der Waals surface area contributed by atoms with Gasteiger partial charge in [0.1, 0.15) is 18.2 Å². The lowest BCUT2D eigenvalue weighted by atomic mass is 9.78. The first-order valence-electron chi connectivity index (χ1n) is 11.2. The van der Waals surface area contributed by atoms with E-state index in [2.05, 4.69) is 5.48 Å². The van der Waals surface area contributed by atoms with Crippen molar-refractivity contribution in [3.05, 3.63) is 144 Å². The molecule has 0 aliphatic rings. The zero-order chi connectivity index (χ0) is 23.6. The van der Waals surface area contributed by atoms with E-state index in [0.29, 0.717) is 0 Å². The van der Waals surface area contributed by atoms with Crippen molar-refractivity contribution in [3.8, 4) is 0 Å². The monoisotopic (exact) mass is 452 g/mol. The van der Waals surface area contributed by atoms with Gasteiger partial charge >= 0.3 is 5.97 Å². The minimum Gasteiger partial charge on any atom is -0.460 e. The fourth-order valence-electron chi connectivity index (χ4n) is 3.88. The highest BCUT2D eigenvalue weighted by atomic mass is 16.6. The Balaban J connectivity index is 1.54. The average Bonchev–Trinajstić information content (AvgIpc) is 2.92. The third-order valence-electron chi connectivity index (χ3n) is 5.64. The van der Waals surface area contributed by atoms with Crippen LogP contribution in [0.1, 0.15) is 22.3 Å². The number of carbonyl (C=O) groups is 1. The standard InChI is InChI=1S/C29H28N2O3/c30-27(28(32)33-21-23-13-5-1-6-14-23)22-34-31-29(24-15-7-2-8-16-24,25-17-9-3-10-18-25)26-19-11-4-12-20-26/h1-20,27,31H,21-22,30H2/t27-/m0/s1. The highest BCUT2D eigenvalue weighted by Gasteiger charge is 2.37. The van der Waals surface area contributed by atoms with E-state index >= 15 is 0 Å². The van der Waals surface area contributed by atoms with Crippen LogP contribution < -0.4 is 11.2 Å². The summed E-state index contributed by atoms with van der Waals surface area (Å²) in [7, 11) is 0. The second-order valence-corrected chi connectivity index (χ2v) is 7.96. The summed E-state index contributed by atoms with van der Waals surface area (Å²) < 4.78 is 5.35. The van der Waals surface area contributed by atoms with E-state index < -0.39 is 17.6 Å². The second kappa shape index (κ2) is 11.4. The lowest BCUT2D eigenvalue weighted by molar-refractivity contribution is -0.149. The first-order chi connectivity index (χ1) is 16.7. The van der Waals surface area contributed by atoms with Crippen LogP contribution in [0, 0.1) is 0 Å². The van der Waals surface area contributed by atoms with E-state index in [1.807, 2.05) is 121 Å². The molecule has 0 unspecified atom stereocenters. The van der Waals surface area contributed by atoms with Gasteiger partial charge in [-0.1, -0.05) is 121 Å². The predicted molar refractivity (Wildman–Crippen MR) is 133 cm³/mol. The van der Waals surface area contributed by atoms with Crippen molar-refractivity contribution in [1.82, 2.24) is 5.48 Å². The third-order valence-corrected chi connectivity index (χ3v) is 5.64. The molecular weight excluding hydrogens is 424 g/mol. The van der Waals surface area contributed by atoms with Gasteiger partial charge in [0.05, 0.1) is 6.61 Å². The zero-order valence-corrected chi connectivity index (χ0v) is 18.8. The van der Waals surface area contributed by atoms with Crippen LogP contribution in [0.3, 0.4) is 0 Å². The largest absolute Gasteiger partial charge is 0.460 e. The van der Waals surface area contributed by atoms with E-state index in [4.69, 9.17) is 15.3 Å². The van der Waals surface area contributed by atoms with Gasteiger partial charge in [-0.3, -0.25) is 9.63 Å². The first-order valence-corrected chi connectivity index (χ1v) is 11.2. The fraction of sp³-hybridized carbons (Fsp3) is 0.138. The normalized spacial score (nSPS) is 12.1. The van der Waals surface area contributed by atoms with E-state index in [9.17, 15) is 4.79 Å². The van der Waals surface area contributed by atoms with Crippen LogP contribution in [-0.4, -0.2) is 18.6 Å². The molecule has 5 heteroatoms. The minimum atomic E-state index is -0.934. The lowest BCUT2D eigenvalue weighted by Gasteiger charge is -2.36. The lowest BCUT2D eigenvalue weighted by Crippen LogP contribution is -2.47. The number of rotatable bonds is 10. The Kier molecular flexibility index (Phi) is 7.83. The molecule has 4 aromatic rings. The molecule has 0 spiro atoms. The Hall–Kier alpha value is -3.77. The number of carbonyl (C=O) groups excluding carboxylic acids is 1. The number of hydroxylamine groups is 1. The number of esters is 1. The number of nitrogens with two attached hydrogens (primary N) is 1. The van der Waals surface area contributed by atoms with Crippen molar-refractivity contribution in [2.75, 3.05) is 6.61 Å². The van der Waals surface area contributed by atoms with Gasteiger partial charge in [-0.25, -0.2) is 0 Å². The molecule has 0 aliphatic heterocycles. The molecule has 1 atom stereocenters. The van der Waals surface area contributed by atoms with E-state index in [0.717, 1.165) is 22.3 Å². The van der Waals surface area contributed by atoms with Crippen molar-refractivity contribution >= 4 is 5.97 Å². The molecule has 0 fully saturated rings. The Labute approximate surface area is 200 Å². The Bertz CT molecular complexity index is 1060. The van der Waals surface area contributed by atoms with Crippen molar-refractivity contribution < 1.29 is 14.4 Å². The van der Waals surface area contributed by atoms with Gasteiger partial charge in [-0.15, -0.1) is 0 Å². The summed E-state index contributed by atoms with van der Waals surface area (Å²) in [5.74, 6) is -0.518. The summed E-state index contributed by atoms with van der Waals surface area (Å²) in [6.45, 7) is 0.116. The summed E-state index contributed by atoms with van der Waals surface area (Å²) in [4.78, 5) is 18.3. The summed E-state index contributed by atoms with van der Waals surface area (Å²) in [5, 5.41) is 0. The van der Waals surface area contributed by atoms with E-state index in [-0.39, 0.29) is 13.2 Å². The first kappa shape index (κ1) is 23.4. The molecule has 3 N–H and O–H groups in total. The van der Waals surface area contributed by atoms with Crippen molar-refractivity contribution in [1.29, 1.82) is 0 Å². The molecule has 0 radical (unpaired) electrons. The van der Waals surface area contributed by atoms with Gasteiger partial charge in [0.25, 0.3) is 0 Å². The predicted octanol–water partition coefficient (Wildman–Crippen LogP) is 4.57. The molecule has 5 nitrogen and oxygen atoms in total. The van der Waals surface area contributed by atoms with Crippen LogP contribution in [0.2, 0.25) is 0 Å². The van der Waals surface area contributed by atoms with Crippen LogP contribution in [0.5, 0.6) is 0 Å². The smallest absolute Gasteiger partial charge is 0.325 e. The van der Waals surface area contributed by atoms with E-state index in [1.54, 1.807) is 0 Å². The van der Waals surface area contributed by atoms with Gasteiger partial charge in [0.2, 0.25) is 0 Å². The Morgan fingerprint density at radius 2 is 1.12 bits per heavy atom. The molecule has 172 valence electrons. The molecular formula is C29H28N2O3. The molecule has 0 amide bonds. The van der Waals surface area contributed by atoms with Gasteiger partial charge < -0.3 is 10.5 Å². The molecule has 0 aliphatic carbocycles. The van der Waals surface area contributed by atoms with Gasteiger partial charge in [-0.2, -0.15) is 5.48 Å². The highest BCUT2D eigenvalue weighted by Crippen LogP contribution is 2.36. The van der Waals surface area contributed by atoms with Gasteiger partial charge in [0, 0.05) is 0 Å². The topological polar surface area (TPSA) is 73.6 Å². The molecule has 34 heavy (non-hydrogen) atoms. The molecule has 0 heterocycles. The molecule has 0 bridgehead atoms. The van der Waals surface area contributed by atoms with Crippen molar-refractivity contribution in [2.24, 2.45) is 5.73 Å². The maximum atomic E-state index is 12.4. The van der Waals surface area contributed by atoms with Crippen LogP contribution in [-0.2, 0) is 26.5 Å². The second-order valence-electron chi connectivity index (χ2n) is 7.96. The highest BCUT2D eigenvalue weighted by molar-refractivity contribution is 5.75. The van der Waals surface area contributed by atoms with Gasteiger partial charge in [-0.05, 0) is 22.3 Å². The summed E-state index contributed by atoms with van der Waals surface area (Å²) in [6, 6.07) is 38.7. The SMILES string of the molecule is N[C@@H](CONC(c1ccccc1)(c1ccccc1)c1ccccc1)C(=O)OCc1ccccc1. The molecule has 4 rings (SSSR count). The minimum absolute atomic E-state index is 0.0537. The Morgan fingerprint density at radius 3 is 1.56 bits per heavy atom. The summed E-state index contributed by atoms with van der Waals surface area (Å²) in [5.41, 5.74) is 12.4. The maximum absolute atomic E-state index is 12.4. The number of ether oxygens (including phenoxy) is 1. The van der Waals surface area contributed by atoms with Crippen LogP contribution in [0.25, 0.3) is 0 Å². The zero-order valence-electron chi connectivity index (χ0n) is 18.8. The summed E-state index contributed by atoms with van der Waals surface area (Å²) in [6.07, 6.45) is 0. The molecule has 0 saturated heterocycles. The molecule has 0 saturated carbocycles. The van der Waals surface area contributed by atoms with Crippen molar-refractivity contribution in [2.45, 2.75) is 18.2 Å². The Morgan fingerprint density at radius 1 is 0.706 bits per heavy atom. The molecule has 0 aromatic heterocycles. The third kappa shape index (κ3) is 5.41. The van der Waals surface area contributed by atoms with E-state index in [1.165, 1.54) is 0 Å². The quantitative estimate of drug-likeness (QED) is 0.209. The summed E-state index contributed by atoms with van der Waals surface area (Å²) >= 11 is 0. The van der Waals surface area contributed by atoms with Crippen LogP contribution in [0.15, 0.2) is 121 Å². The number of nitrogens with one attached hydrogen (secondary N) is 1. The molecule has 4 aromatic carbocycles. The van der Waals surface area contributed by atoms with Crippen molar-refractivity contribution in [3.63, 3.8) is 0 Å². The number of hydrogen-bond donors (Lipinski definition) is 2. The van der Waals surface area contributed by atoms with Gasteiger partial charge in [0.15, 0.2) is 0 Å². The van der Waals surface area contributed by atoms with Crippen LogP contribution in [0.4, 0.5) is 0 Å².